The van der Waals surface area contributed by atoms with Crippen LogP contribution in [0.5, 0.6) is 0 Å². The summed E-state index contributed by atoms with van der Waals surface area (Å²) in [4.78, 5) is 15.1. The number of nitrogens with one attached hydrogen (secondary N) is 1. The maximum Gasteiger partial charge on any atom is 0.192 e. The van der Waals surface area contributed by atoms with E-state index >= 15 is 0 Å². The van der Waals surface area contributed by atoms with Gasteiger partial charge in [-0.25, -0.2) is 4.39 Å². The highest BCUT2D eigenvalue weighted by Crippen LogP contribution is 2.20. The topological polar surface area (TPSA) is 32.9 Å². The zero-order valence-corrected chi connectivity index (χ0v) is 9.78. The van der Waals surface area contributed by atoms with Crippen LogP contribution in [-0.2, 0) is 6.42 Å². The highest BCUT2D eigenvalue weighted by atomic mass is 35.5. The van der Waals surface area contributed by atoms with E-state index in [1.165, 1.54) is 12.1 Å². The molecule has 0 atom stereocenters. The molecule has 84 valence electrons. The lowest BCUT2D eigenvalue weighted by molar-refractivity contribution is 0.629. The average Bonchev–Trinajstić information content (AvgIpc) is 2.22. The molecule has 0 unspecified atom stereocenters. The van der Waals surface area contributed by atoms with Gasteiger partial charge in [-0.15, -0.1) is 0 Å². The van der Waals surface area contributed by atoms with Crippen LogP contribution in [0.1, 0.15) is 18.2 Å². The Labute approximate surface area is 97.1 Å². The van der Waals surface area contributed by atoms with E-state index in [-0.39, 0.29) is 10.5 Å². The van der Waals surface area contributed by atoms with Gasteiger partial charge in [0.1, 0.15) is 5.82 Å². The van der Waals surface area contributed by atoms with Crippen molar-refractivity contribution in [2.75, 3.05) is 0 Å². The SMILES string of the molecule is CCc1c(C)[nH]c2cc(F)c(Cl)cc2c1=O. The lowest BCUT2D eigenvalue weighted by Gasteiger charge is -2.06. The third-order valence-electron chi connectivity index (χ3n) is 2.71. The molecular formula is C12H11ClFNO. The summed E-state index contributed by atoms with van der Waals surface area (Å²) in [6.45, 7) is 3.72. The molecule has 16 heavy (non-hydrogen) atoms. The third-order valence-corrected chi connectivity index (χ3v) is 3.00. The molecule has 0 aliphatic carbocycles. The minimum atomic E-state index is -0.520. The van der Waals surface area contributed by atoms with E-state index in [1.807, 2.05) is 13.8 Å². The number of H-pyrrole nitrogens is 1. The molecule has 0 radical (unpaired) electrons. The van der Waals surface area contributed by atoms with Crippen LogP contribution in [0.4, 0.5) is 4.39 Å². The standard InChI is InChI=1S/C12H11ClFNO/c1-3-7-6(2)15-11-5-10(14)9(13)4-8(11)12(7)16/h4-5H,3H2,1-2H3,(H,15,16). The van der Waals surface area contributed by atoms with Crippen molar-refractivity contribution in [3.8, 4) is 0 Å². The van der Waals surface area contributed by atoms with Crippen LogP contribution in [0, 0.1) is 12.7 Å². The van der Waals surface area contributed by atoms with Gasteiger partial charge in [-0.3, -0.25) is 4.79 Å². The first-order valence-electron chi connectivity index (χ1n) is 5.05. The van der Waals surface area contributed by atoms with Crippen LogP contribution in [0.3, 0.4) is 0 Å². The minimum absolute atomic E-state index is 0.0242. The van der Waals surface area contributed by atoms with Gasteiger partial charge >= 0.3 is 0 Å². The molecule has 0 saturated carbocycles. The van der Waals surface area contributed by atoms with Crippen molar-refractivity contribution in [1.82, 2.24) is 4.98 Å². The number of aromatic amines is 1. The molecule has 1 aromatic heterocycles. The summed E-state index contributed by atoms with van der Waals surface area (Å²) in [5.74, 6) is -0.520. The van der Waals surface area contributed by atoms with Gasteiger partial charge in [0.25, 0.3) is 0 Å². The Morgan fingerprint density at radius 2 is 2.12 bits per heavy atom. The van der Waals surface area contributed by atoms with E-state index in [2.05, 4.69) is 4.98 Å². The summed E-state index contributed by atoms with van der Waals surface area (Å²) in [6.07, 6.45) is 0.645. The summed E-state index contributed by atoms with van der Waals surface area (Å²) >= 11 is 5.67. The Morgan fingerprint density at radius 1 is 1.44 bits per heavy atom. The molecule has 0 aliphatic heterocycles. The molecule has 2 aromatic rings. The van der Waals surface area contributed by atoms with E-state index in [0.29, 0.717) is 17.3 Å². The Morgan fingerprint density at radius 3 is 2.75 bits per heavy atom. The number of hydrogen-bond donors (Lipinski definition) is 1. The van der Waals surface area contributed by atoms with Crippen LogP contribution >= 0.6 is 11.6 Å². The van der Waals surface area contributed by atoms with Crippen molar-refractivity contribution < 1.29 is 4.39 Å². The zero-order valence-electron chi connectivity index (χ0n) is 9.03. The first kappa shape index (κ1) is 11.1. The van der Waals surface area contributed by atoms with Crippen molar-refractivity contribution in [2.24, 2.45) is 0 Å². The molecule has 1 N–H and O–H groups in total. The van der Waals surface area contributed by atoms with Crippen molar-refractivity contribution in [1.29, 1.82) is 0 Å². The van der Waals surface area contributed by atoms with Gasteiger partial charge in [-0.05, 0) is 25.5 Å². The third kappa shape index (κ3) is 1.61. The monoisotopic (exact) mass is 239 g/mol. The summed E-state index contributed by atoms with van der Waals surface area (Å²) in [5.41, 5.74) is 1.91. The fourth-order valence-electron chi connectivity index (χ4n) is 1.87. The van der Waals surface area contributed by atoms with E-state index < -0.39 is 5.82 Å². The van der Waals surface area contributed by atoms with E-state index in [0.717, 1.165) is 11.3 Å². The molecule has 2 rings (SSSR count). The maximum atomic E-state index is 13.2. The number of aryl methyl sites for hydroxylation is 1. The summed E-state index contributed by atoms with van der Waals surface area (Å²) in [5, 5.41) is 0.415. The molecule has 0 aliphatic rings. The van der Waals surface area contributed by atoms with E-state index in [9.17, 15) is 9.18 Å². The number of fused-ring (bicyclic) bond motifs is 1. The summed E-state index contributed by atoms with van der Waals surface area (Å²) < 4.78 is 13.2. The highest BCUT2D eigenvalue weighted by Gasteiger charge is 2.10. The van der Waals surface area contributed by atoms with Crippen LogP contribution in [0.2, 0.25) is 5.02 Å². The second-order valence-electron chi connectivity index (χ2n) is 3.72. The molecule has 2 nitrogen and oxygen atoms in total. The van der Waals surface area contributed by atoms with Crippen LogP contribution in [-0.4, -0.2) is 4.98 Å². The molecule has 0 fully saturated rings. The van der Waals surface area contributed by atoms with Crippen LogP contribution < -0.4 is 5.43 Å². The predicted octanol–water partition coefficient (Wildman–Crippen LogP) is 3.19. The number of hydrogen-bond acceptors (Lipinski definition) is 1. The fourth-order valence-corrected chi connectivity index (χ4v) is 2.04. The Balaban J connectivity index is 2.94. The molecular weight excluding hydrogens is 229 g/mol. The Hall–Kier alpha value is -1.35. The minimum Gasteiger partial charge on any atom is -0.358 e. The second kappa shape index (κ2) is 3.91. The van der Waals surface area contributed by atoms with Crippen molar-refractivity contribution in [3.05, 3.63) is 44.5 Å². The number of benzene rings is 1. The van der Waals surface area contributed by atoms with E-state index in [4.69, 9.17) is 11.6 Å². The number of halogens is 2. The molecule has 0 saturated heterocycles. The molecule has 4 heteroatoms. The summed E-state index contributed by atoms with van der Waals surface area (Å²) in [7, 11) is 0. The van der Waals surface area contributed by atoms with Gasteiger partial charge in [0, 0.05) is 16.6 Å². The Bertz CT molecular complexity index is 618. The lowest BCUT2D eigenvalue weighted by atomic mass is 10.1. The van der Waals surface area contributed by atoms with Gasteiger partial charge in [0.2, 0.25) is 0 Å². The molecule has 0 amide bonds. The van der Waals surface area contributed by atoms with Crippen molar-refractivity contribution in [3.63, 3.8) is 0 Å². The van der Waals surface area contributed by atoms with Crippen LogP contribution in [0.15, 0.2) is 16.9 Å². The van der Waals surface area contributed by atoms with Crippen molar-refractivity contribution >= 4 is 22.5 Å². The first-order valence-corrected chi connectivity index (χ1v) is 5.43. The smallest absolute Gasteiger partial charge is 0.192 e. The largest absolute Gasteiger partial charge is 0.358 e. The predicted molar refractivity (Wildman–Crippen MR) is 63.7 cm³/mol. The van der Waals surface area contributed by atoms with Crippen LogP contribution in [0.25, 0.3) is 10.9 Å². The fraction of sp³-hybridized carbons (Fsp3) is 0.250. The number of rotatable bonds is 1. The highest BCUT2D eigenvalue weighted by molar-refractivity contribution is 6.31. The first-order chi connectivity index (χ1) is 7.54. The number of aromatic nitrogens is 1. The molecule has 1 aromatic carbocycles. The summed E-state index contributed by atoms with van der Waals surface area (Å²) in [6, 6.07) is 2.63. The van der Waals surface area contributed by atoms with E-state index in [1.54, 1.807) is 0 Å². The second-order valence-corrected chi connectivity index (χ2v) is 4.13. The number of pyridine rings is 1. The maximum absolute atomic E-state index is 13.2. The molecule has 1 heterocycles. The molecule has 0 spiro atoms. The lowest BCUT2D eigenvalue weighted by Crippen LogP contribution is -2.12. The zero-order chi connectivity index (χ0) is 11.9. The van der Waals surface area contributed by atoms with Crippen molar-refractivity contribution in [2.45, 2.75) is 20.3 Å². The van der Waals surface area contributed by atoms with Gasteiger partial charge in [-0.1, -0.05) is 18.5 Å². The quantitative estimate of drug-likeness (QED) is 0.815. The average molecular weight is 240 g/mol. The Kier molecular flexibility index (Phi) is 2.72. The normalized spacial score (nSPS) is 11.0. The van der Waals surface area contributed by atoms with Gasteiger partial charge in [0.15, 0.2) is 5.43 Å². The van der Waals surface area contributed by atoms with Gasteiger partial charge in [-0.2, -0.15) is 0 Å². The van der Waals surface area contributed by atoms with Gasteiger partial charge in [0.05, 0.1) is 10.5 Å². The van der Waals surface area contributed by atoms with Gasteiger partial charge < -0.3 is 4.98 Å². The molecule has 0 bridgehead atoms.